The first-order valence-corrected chi connectivity index (χ1v) is 6.32. The number of esters is 1. The van der Waals surface area contributed by atoms with Crippen molar-refractivity contribution < 1.29 is 19.0 Å². The molecule has 0 unspecified atom stereocenters. The highest BCUT2D eigenvalue weighted by Gasteiger charge is 2.11. The Kier molecular flexibility index (Phi) is 4.60. The van der Waals surface area contributed by atoms with E-state index >= 15 is 0 Å². The summed E-state index contributed by atoms with van der Waals surface area (Å²) >= 11 is 0. The first kappa shape index (κ1) is 13.9. The number of para-hydroxylation sites is 1. The second kappa shape index (κ2) is 6.61. The maximum Gasteiger partial charge on any atom is 0.338 e. The van der Waals surface area contributed by atoms with Gasteiger partial charge in [-0.1, -0.05) is 18.2 Å². The number of benzene rings is 2. The molecule has 0 saturated heterocycles. The lowest BCUT2D eigenvalue weighted by Gasteiger charge is -2.10. The summed E-state index contributed by atoms with van der Waals surface area (Å²) in [5, 5.41) is 0. The highest BCUT2D eigenvalue weighted by Crippen LogP contribution is 2.27. The molecule has 0 aliphatic heterocycles. The van der Waals surface area contributed by atoms with Gasteiger partial charge in [-0.25, -0.2) is 4.79 Å². The molecule has 0 amide bonds. The van der Waals surface area contributed by atoms with Crippen molar-refractivity contribution in [3.8, 4) is 17.2 Å². The third kappa shape index (κ3) is 3.51. The van der Waals surface area contributed by atoms with Crippen LogP contribution in [0.2, 0.25) is 0 Å². The summed E-state index contributed by atoms with van der Waals surface area (Å²) in [6.07, 6.45) is 0. The molecule has 0 radical (unpaired) electrons. The Morgan fingerprint density at radius 1 is 1.00 bits per heavy atom. The maximum atomic E-state index is 11.8. The second-order valence-corrected chi connectivity index (χ2v) is 4.03. The molecule has 0 heterocycles. The fourth-order valence-electron chi connectivity index (χ4n) is 1.71. The van der Waals surface area contributed by atoms with Crippen molar-refractivity contribution in [2.24, 2.45) is 0 Å². The molecule has 0 N–H and O–H groups in total. The topological polar surface area (TPSA) is 44.8 Å². The zero-order chi connectivity index (χ0) is 14.4. The van der Waals surface area contributed by atoms with Gasteiger partial charge in [0.1, 0.15) is 17.2 Å². The van der Waals surface area contributed by atoms with Crippen LogP contribution in [0.3, 0.4) is 0 Å². The summed E-state index contributed by atoms with van der Waals surface area (Å²) in [5.74, 6) is 1.36. The Labute approximate surface area is 117 Å². The summed E-state index contributed by atoms with van der Waals surface area (Å²) in [4.78, 5) is 11.8. The SMILES string of the molecule is CCOC(=O)c1cc(OC)cc(Oc2ccccc2)c1. The number of carbonyl (C=O) groups excluding carboxylic acids is 1. The van der Waals surface area contributed by atoms with Gasteiger partial charge in [0, 0.05) is 6.07 Å². The summed E-state index contributed by atoms with van der Waals surface area (Å²) in [5.41, 5.74) is 0.400. The molecule has 2 aromatic rings. The van der Waals surface area contributed by atoms with Crippen LogP contribution in [0.25, 0.3) is 0 Å². The van der Waals surface area contributed by atoms with Crippen LogP contribution in [0.1, 0.15) is 17.3 Å². The third-order valence-electron chi connectivity index (χ3n) is 2.61. The van der Waals surface area contributed by atoms with Crippen LogP contribution in [-0.2, 0) is 4.74 Å². The Hall–Kier alpha value is -2.49. The lowest BCUT2D eigenvalue weighted by molar-refractivity contribution is 0.0525. The van der Waals surface area contributed by atoms with Gasteiger partial charge in [0.05, 0.1) is 19.3 Å². The van der Waals surface area contributed by atoms with Crippen LogP contribution in [-0.4, -0.2) is 19.7 Å². The van der Waals surface area contributed by atoms with Gasteiger partial charge in [0.2, 0.25) is 0 Å². The predicted molar refractivity (Wildman–Crippen MR) is 75.5 cm³/mol. The Balaban J connectivity index is 2.28. The van der Waals surface area contributed by atoms with Gasteiger partial charge in [-0.15, -0.1) is 0 Å². The van der Waals surface area contributed by atoms with E-state index in [0.29, 0.717) is 29.4 Å². The molecule has 0 saturated carbocycles. The van der Waals surface area contributed by atoms with Gasteiger partial charge < -0.3 is 14.2 Å². The fraction of sp³-hybridized carbons (Fsp3) is 0.188. The monoisotopic (exact) mass is 272 g/mol. The normalized spacial score (nSPS) is 9.90. The first-order valence-electron chi connectivity index (χ1n) is 6.32. The standard InChI is InChI=1S/C16H16O4/c1-3-19-16(17)12-9-14(18-2)11-15(10-12)20-13-7-5-4-6-8-13/h4-11H,3H2,1-2H3. The summed E-state index contributed by atoms with van der Waals surface area (Å²) in [6, 6.07) is 14.3. The van der Waals surface area contributed by atoms with Crippen LogP contribution in [0.4, 0.5) is 0 Å². The van der Waals surface area contributed by atoms with Crippen molar-refractivity contribution in [3.63, 3.8) is 0 Å². The Bertz CT molecular complexity index is 578. The average Bonchev–Trinajstić information content (AvgIpc) is 2.48. The molecule has 0 spiro atoms. The number of hydrogen-bond acceptors (Lipinski definition) is 4. The largest absolute Gasteiger partial charge is 0.497 e. The fourth-order valence-corrected chi connectivity index (χ4v) is 1.71. The molecule has 2 rings (SSSR count). The number of rotatable bonds is 5. The molecule has 0 aromatic heterocycles. The van der Waals surface area contributed by atoms with E-state index in [-0.39, 0.29) is 0 Å². The lowest BCUT2D eigenvalue weighted by atomic mass is 10.2. The number of hydrogen-bond donors (Lipinski definition) is 0. The minimum absolute atomic E-state index is 0.324. The molecule has 0 atom stereocenters. The molecule has 0 fully saturated rings. The van der Waals surface area contributed by atoms with Crippen molar-refractivity contribution in [1.82, 2.24) is 0 Å². The highest BCUT2D eigenvalue weighted by atomic mass is 16.5. The van der Waals surface area contributed by atoms with Crippen LogP contribution in [0.5, 0.6) is 17.2 Å². The number of carbonyl (C=O) groups is 1. The summed E-state index contributed by atoms with van der Waals surface area (Å²) < 4.78 is 15.9. The van der Waals surface area contributed by atoms with Crippen molar-refractivity contribution in [3.05, 3.63) is 54.1 Å². The smallest absolute Gasteiger partial charge is 0.338 e. The zero-order valence-electron chi connectivity index (χ0n) is 11.5. The molecule has 2 aromatic carbocycles. The Morgan fingerprint density at radius 2 is 1.70 bits per heavy atom. The molecule has 0 aliphatic rings. The van der Waals surface area contributed by atoms with Gasteiger partial charge in [0.15, 0.2) is 0 Å². The van der Waals surface area contributed by atoms with Crippen molar-refractivity contribution in [1.29, 1.82) is 0 Å². The van der Waals surface area contributed by atoms with Crippen LogP contribution in [0, 0.1) is 0 Å². The lowest BCUT2D eigenvalue weighted by Crippen LogP contribution is -2.05. The molecule has 4 nitrogen and oxygen atoms in total. The van der Waals surface area contributed by atoms with Crippen molar-refractivity contribution in [2.75, 3.05) is 13.7 Å². The van der Waals surface area contributed by atoms with E-state index in [2.05, 4.69) is 0 Å². The van der Waals surface area contributed by atoms with E-state index < -0.39 is 5.97 Å². The van der Waals surface area contributed by atoms with E-state index in [0.717, 1.165) is 0 Å². The number of methoxy groups -OCH3 is 1. The predicted octanol–water partition coefficient (Wildman–Crippen LogP) is 3.66. The van der Waals surface area contributed by atoms with E-state index in [1.807, 2.05) is 30.3 Å². The van der Waals surface area contributed by atoms with Gasteiger partial charge in [-0.05, 0) is 31.2 Å². The zero-order valence-corrected chi connectivity index (χ0v) is 11.5. The van der Waals surface area contributed by atoms with Gasteiger partial charge in [0.25, 0.3) is 0 Å². The molecular formula is C16H16O4. The minimum atomic E-state index is -0.399. The molecule has 104 valence electrons. The first-order chi connectivity index (χ1) is 9.72. The second-order valence-electron chi connectivity index (χ2n) is 4.03. The Morgan fingerprint density at radius 3 is 2.35 bits per heavy atom. The van der Waals surface area contributed by atoms with E-state index in [4.69, 9.17) is 14.2 Å². The van der Waals surface area contributed by atoms with Gasteiger partial charge in [-0.2, -0.15) is 0 Å². The highest BCUT2D eigenvalue weighted by molar-refractivity contribution is 5.90. The summed E-state index contributed by atoms with van der Waals surface area (Å²) in [6.45, 7) is 2.09. The van der Waals surface area contributed by atoms with Gasteiger partial charge >= 0.3 is 5.97 Å². The van der Waals surface area contributed by atoms with Crippen LogP contribution in [0.15, 0.2) is 48.5 Å². The van der Waals surface area contributed by atoms with Gasteiger partial charge in [-0.3, -0.25) is 0 Å². The average molecular weight is 272 g/mol. The summed E-state index contributed by atoms with van der Waals surface area (Å²) in [7, 11) is 1.54. The molecular weight excluding hydrogens is 256 g/mol. The quantitative estimate of drug-likeness (QED) is 0.779. The molecule has 4 heteroatoms. The molecule has 0 bridgehead atoms. The van der Waals surface area contributed by atoms with Crippen LogP contribution < -0.4 is 9.47 Å². The van der Waals surface area contributed by atoms with Crippen LogP contribution >= 0.6 is 0 Å². The minimum Gasteiger partial charge on any atom is -0.497 e. The van der Waals surface area contributed by atoms with E-state index in [1.54, 1.807) is 25.1 Å². The maximum absolute atomic E-state index is 11.8. The van der Waals surface area contributed by atoms with E-state index in [9.17, 15) is 4.79 Å². The third-order valence-corrected chi connectivity index (χ3v) is 2.61. The van der Waals surface area contributed by atoms with Crippen molar-refractivity contribution in [2.45, 2.75) is 6.92 Å². The molecule has 20 heavy (non-hydrogen) atoms. The van der Waals surface area contributed by atoms with Crippen molar-refractivity contribution >= 4 is 5.97 Å². The van der Waals surface area contributed by atoms with E-state index in [1.165, 1.54) is 7.11 Å². The number of ether oxygens (including phenoxy) is 3. The molecule has 0 aliphatic carbocycles.